The van der Waals surface area contributed by atoms with Crippen LogP contribution in [-0.4, -0.2) is 58.7 Å². The van der Waals surface area contributed by atoms with Gasteiger partial charge in [-0.1, -0.05) is 12.1 Å². The molecule has 0 aromatic carbocycles. The van der Waals surface area contributed by atoms with Gasteiger partial charge in [0.1, 0.15) is 5.04 Å². The van der Waals surface area contributed by atoms with Crippen LogP contribution in [0.25, 0.3) is 0 Å². The summed E-state index contributed by atoms with van der Waals surface area (Å²) in [5, 5.41) is 4.36. The quantitative estimate of drug-likeness (QED) is 0.158. The van der Waals surface area contributed by atoms with Crippen molar-refractivity contribution in [3.8, 4) is 0 Å². The highest BCUT2D eigenvalue weighted by molar-refractivity contribution is 8.13. The van der Waals surface area contributed by atoms with Crippen molar-refractivity contribution in [2.75, 3.05) is 33.0 Å². The lowest BCUT2D eigenvalue weighted by Gasteiger charge is -2.24. The fourth-order valence-corrected chi connectivity index (χ4v) is 2.29. The molecule has 0 bridgehead atoms. The molecule has 0 saturated carbocycles. The minimum absolute atomic E-state index is 0.241. The Morgan fingerprint density at radius 2 is 1.91 bits per heavy atom. The normalized spacial score (nSPS) is 11.5. The van der Waals surface area contributed by atoms with E-state index < -0.39 is 6.09 Å². The molecule has 9 heteroatoms. The number of esters is 1. The van der Waals surface area contributed by atoms with Gasteiger partial charge in [-0.2, -0.15) is 0 Å². The molecule has 0 aromatic rings. The first kappa shape index (κ1) is 21.1. The molecule has 0 N–H and O–H groups in total. The fourth-order valence-electron chi connectivity index (χ4n) is 1.30. The second-order valence-electron chi connectivity index (χ2n) is 4.23. The molecule has 0 aliphatic rings. The summed E-state index contributed by atoms with van der Waals surface area (Å²) in [6.45, 7) is 7.18. The van der Waals surface area contributed by atoms with Gasteiger partial charge in [-0.15, -0.1) is 11.8 Å². The van der Waals surface area contributed by atoms with Crippen LogP contribution in [0, 0.1) is 0 Å². The molecule has 0 radical (unpaired) electrons. The molecule has 0 aliphatic heterocycles. The summed E-state index contributed by atoms with van der Waals surface area (Å²) >= 11 is 2.61. The average molecular weight is 351 g/mol. The van der Waals surface area contributed by atoms with Crippen LogP contribution in [0.4, 0.5) is 4.79 Å². The summed E-state index contributed by atoms with van der Waals surface area (Å²) in [5.41, 5.74) is 0. The van der Waals surface area contributed by atoms with E-state index in [0.29, 0.717) is 18.2 Å². The van der Waals surface area contributed by atoms with Gasteiger partial charge in [0.25, 0.3) is 0 Å². The predicted octanol–water partition coefficient (Wildman–Crippen LogP) is 2.98. The summed E-state index contributed by atoms with van der Waals surface area (Å²) in [6.07, 6.45) is 2.48. The molecular weight excluding hydrogens is 326 g/mol. The molecule has 128 valence electrons. The third-order valence-corrected chi connectivity index (χ3v) is 4.04. The van der Waals surface area contributed by atoms with Crippen molar-refractivity contribution in [2.24, 2.45) is 5.16 Å². The second kappa shape index (κ2) is 12.6. The topological polar surface area (TPSA) is 71.4 Å². The van der Waals surface area contributed by atoms with Crippen molar-refractivity contribution in [1.82, 2.24) is 8.61 Å². The summed E-state index contributed by atoms with van der Waals surface area (Å²) in [7, 11) is 1.60. The van der Waals surface area contributed by atoms with Crippen molar-refractivity contribution < 1.29 is 19.2 Å². The smallest absolute Gasteiger partial charge is 0.446 e. The number of hydrogen-bond donors (Lipinski definition) is 0. The molecular formula is C13H25N3O4S2. The van der Waals surface area contributed by atoms with Crippen molar-refractivity contribution in [2.45, 2.75) is 33.6 Å². The molecule has 0 unspecified atom stereocenters. The zero-order valence-corrected chi connectivity index (χ0v) is 15.5. The standard InChI is InChI=1S/C13H25N3O4S2/c1-6-9-16(10-8-12(17)19-7-2)22-15(4)13(18)20-14-11(3)21-5/h6-10H2,1-5H3. The lowest BCUT2D eigenvalue weighted by atomic mass is 10.4. The van der Waals surface area contributed by atoms with E-state index in [4.69, 9.17) is 9.57 Å². The number of hydrogen-bond acceptors (Lipinski definition) is 8. The van der Waals surface area contributed by atoms with E-state index in [-0.39, 0.29) is 12.4 Å². The minimum Gasteiger partial charge on any atom is -0.466 e. The second-order valence-corrected chi connectivity index (χ2v) is 6.46. The predicted molar refractivity (Wildman–Crippen MR) is 91.6 cm³/mol. The van der Waals surface area contributed by atoms with E-state index in [9.17, 15) is 9.59 Å². The number of nitrogens with zero attached hydrogens (tertiary/aromatic N) is 3. The monoisotopic (exact) mass is 351 g/mol. The SMILES string of the molecule is CCCN(CCC(=O)OCC)SN(C)C(=O)ON=C(C)SC. The van der Waals surface area contributed by atoms with Gasteiger partial charge < -0.3 is 4.74 Å². The van der Waals surface area contributed by atoms with Crippen LogP contribution in [0.3, 0.4) is 0 Å². The number of amides is 1. The van der Waals surface area contributed by atoms with Crippen LogP contribution < -0.4 is 0 Å². The molecule has 1 amide bonds. The van der Waals surface area contributed by atoms with Gasteiger partial charge in [-0.25, -0.2) is 13.4 Å². The van der Waals surface area contributed by atoms with Crippen molar-refractivity contribution in [3.63, 3.8) is 0 Å². The fraction of sp³-hybridized carbons (Fsp3) is 0.769. The maximum Gasteiger partial charge on any atom is 0.446 e. The first-order valence-corrected chi connectivity index (χ1v) is 9.01. The number of ether oxygens (including phenoxy) is 1. The van der Waals surface area contributed by atoms with E-state index in [2.05, 4.69) is 5.16 Å². The van der Waals surface area contributed by atoms with Crippen LogP contribution in [0.15, 0.2) is 5.16 Å². The van der Waals surface area contributed by atoms with Gasteiger partial charge in [0.15, 0.2) is 0 Å². The largest absolute Gasteiger partial charge is 0.466 e. The van der Waals surface area contributed by atoms with Gasteiger partial charge >= 0.3 is 12.1 Å². The van der Waals surface area contributed by atoms with Crippen molar-refractivity contribution in [1.29, 1.82) is 0 Å². The summed E-state index contributed by atoms with van der Waals surface area (Å²) in [6, 6.07) is 0. The number of carbonyl (C=O) groups excluding carboxylic acids is 2. The third-order valence-electron chi connectivity index (χ3n) is 2.39. The van der Waals surface area contributed by atoms with E-state index in [1.807, 2.05) is 17.5 Å². The number of thioether (sulfide) groups is 1. The minimum atomic E-state index is -0.560. The van der Waals surface area contributed by atoms with Crippen LogP contribution in [0.1, 0.15) is 33.6 Å². The highest BCUT2D eigenvalue weighted by Gasteiger charge is 2.17. The molecule has 0 spiro atoms. The molecule has 0 aromatic heterocycles. The third kappa shape index (κ3) is 9.91. The lowest BCUT2D eigenvalue weighted by Crippen LogP contribution is -2.29. The number of oxime groups is 1. The van der Waals surface area contributed by atoms with Crippen molar-refractivity contribution >= 4 is 41.0 Å². The van der Waals surface area contributed by atoms with Gasteiger partial charge in [-0.05, 0) is 26.5 Å². The first-order valence-electron chi connectivity index (χ1n) is 7.06. The Bertz CT molecular complexity index is 380. The summed E-state index contributed by atoms with van der Waals surface area (Å²) in [4.78, 5) is 28.0. The molecule has 22 heavy (non-hydrogen) atoms. The summed E-state index contributed by atoms with van der Waals surface area (Å²) in [5.74, 6) is -0.241. The Kier molecular flexibility index (Phi) is 12.1. The molecule has 7 nitrogen and oxygen atoms in total. The summed E-state index contributed by atoms with van der Waals surface area (Å²) < 4.78 is 8.17. The molecule has 0 rings (SSSR count). The Balaban J connectivity index is 4.35. The van der Waals surface area contributed by atoms with E-state index >= 15 is 0 Å². The van der Waals surface area contributed by atoms with Crippen molar-refractivity contribution in [3.05, 3.63) is 0 Å². The molecule has 0 atom stereocenters. The molecule has 0 heterocycles. The van der Waals surface area contributed by atoms with Crippen LogP contribution in [-0.2, 0) is 14.4 Å². The van der Waals surface area contributed by atoms with Gasteiger partial charge in [0.2, 0.25) is 0 Å². The molecule has 0 aliphatic carbocycles. The highest BCUT2D eigenvalue weighted by atomic mass is 32.2. The highest BCUT2D eigenvalue weighted by Crippen LogP contribution is 2.17. The Hall–Kier alpha value is -0.930. The van der Waals surface area contributed by atoms with Gasteiger partial charge in [0, 0.05) is 32.3 Å². The van der Waals surface area contributed by atoms with E-state index in [1.54, 1.807) is 20.9 Å². The molecule has 0 fully saturated rings. The lowest BCUT2D eigenvalue weighted by molar-refractivity contribution is -0.143. The van der Waals surface area contributed by atoms with E-state index in [1.165, 1.54) is 28.2 Å². The maximum atomic E-state index is 11.8. The first-order chi connectivity index (χ1) is 10.4. The van der Waals surface area contributed by atoms with Gasteiger partial charge in [0.05, 0.1) is 13.0 Å². The van der Waals surface area contributed by atoms with Crippen LogP contribution in [0.5, 0.6) is 0 Å². The Morgan fingerprint density at radius 1 is 1.23 bits per heavy atom. The van der Waals surface area contributed by atoms with Crippen LogP contribution in [0.2, 0.25) is 0 Å². The average Bonchev–Trinajstić information content (AvgIpc) is 2.50. The Labute approximate surface area is 141 Å². The zero-order chi connectivity index (χ0) is 17.0. The Morgan fingerprint density at radius 3 is 2.45 bits per heavy atom. The van der Waals surface area contributed by atoms with Gasteiger partial charge in [-0.3, -0.25) is 9.63 Å². The molecule has 0 saturated heterocycles. The van der Waals surface area contributed by atoms with E-state index in [0.717, 1.165) is 13.0 Å². The zero-order valence-electron chi connectivity index (χ0n) is 13.8. The van der Waals surface area contributed by atoms with Crippen LogP contribution >= 0.6 is 23.9 Å². The maximum absolute atomic E-state index is 11.8. The number of carbonyl (C=O) groups is 2. The number of rotatable bonds is 9.